The Bertz CT molecular complexity index is 990. The molecule has 1 N–H and O–H groups in total. The van der Waals surface area contributed by atoms with Crippen molar-refractivity contribution in [2.24, 2.45) is 14.1 Å². The smallest absolute Gasteiger partial charge is 0.328 e. The third kappa shape index (κ3) is 3.20. The van der Waals surface area contributed by atoms with Crippen LogP contribution in [0.2, 0.25) is 0 Å². The fourth-order valence-corrected chi connectivity index (χ4v) is 4.66. The van der Waals surface area contributed by atoms with Crippen LogP contribution in [0, 0.1) is 0 Å². The van der Waals surface area contributed by atoms with Gasteiger partial charge in [0.1, 0.15) is 0 Å². The van der Waals surface area contributed by atoms with Crippen molar-refractivity contribution >= 4 is 21.1 Å². The van der Waals surface area contributed by atoms with E-state index < -0.39 is 10.0 Å². The van der Waals surface area contributed by atoms with Gasteiger partial charge in [0.05, 0.1) is 28.6 Å². The molecular formula is C17H24N4O4S. The van der Waals surface area contributed by atoms with E-state index in [-0.39, 0.29) is 23.2 Å². The van der Waals surface area contributed by atoms with Crippen LogP contribution in [0.1, 0.15) is 12.8 Å². The number of fused-ring (bicyclic) bond motifs is 1. The molecule has 0 amide bonds. The molecular weight excluding hydrogens is 356 g/mol. The quantitative estimate of drug-likeness (QED) is 0.790. The highest BCUT2D eigenvalue weighted by molar-refractivity contribution is 7.89. The minimum atomic E-state index is -3.67. The molecule has 1 saturated carbocycles. The molecule has 2 heterocycles. The molecule has 26 heavy (non-hydrogen) atoms. The van der Waals surface area contributed by atoms with Crippen molar-refractivity contribution in [1.82, 2.24) is 18.8 Å². The van der Waals surface area contributed by atoms with E-state index in [0.717, 1.165) is 13.1 Å². The van der Waals surface area contributed by atoms with Gasteiger partial charge in [-0.15, -0.1) is 0 Å². The molecule has 9 heteroatoms. The van der Waals surface area contributed by atoms with Crippen LogP contribution in [0.5, 0.6) is 0 Å². The average molecular weight is 380 g/mol. The van der Waals surface area contributed by atoms with Crippen molar-refractivity contribution in [3.05, 3.63) is 28.7 Å². The van der Waals surface area contributed by atoms with E-state index in [2.05, 4.69) is 9.62 Å². The van der Waals surface area contributed by atoms with Gasteiger partial charge in [0.15, 0.2) is 0 Å². The molecule has 4 rings (SSSR count). The predicted octanol–water partition coefficient (Wildman–Crippen LogP) is 0.0185. The fourth-order valence-electron chi connectivity index (χ4n) is 3.58. The van der Waals surface area contributed by atoms with Crippen molar-refractivity contribution in [2.75, 3.05) is 26.2 Å². The standard InChI is InChI=1S/C17H24N4O4S/c1-19-15-6-5-14(9-16(15)20(2)17(19)22)26(23,24)18-10-13-11-21(7-8-25-13)12-3-4-12/h5-6,9,12-13,18H,3-4,7-8,10-11H2,1-2H3/t13-/m0/s1. The summed E-state index contributed by atoms with van der Waals surface area (Å²) in [7, 11) is -0.361. The second kappa shape index (κ2) is 6.49. The van der Waals surface area contributed by atoms with Crippen molar-refractivity contribution in [1.29, 1.82) is 0 Å². The summed E-state index contributed by atoms with van der Waals surface area (Å²) in [5.74, 6) is 0. The molecule has 0 spiro atoms. The maximum Gasteiger partial charge on any atom is 0.328 e. The first-order chi connectivity index (χ1) is 12.4. The zero-order valence-corrected chi connectivity index (χ0v) is 15.8. The van der Waals surface area contributed by atoms with Crippen LogP contribution in [0.25, 0.3) is 11.0 Å². The Hall–Kier alpha value is -1.68. The molecule has 0 bridgehead atoms. The van der Waals surface area contributed by atoms with E-state index in [1.165, 1.54) is 34.1 Å². The first-order valence-corrected chi connectivity index (χ1v) is 10.4. The minimum Gasteiger partial charge on any atom is -0.374 e. The zero-order chi connectivity index (χ0) is 18.5. The molecule has 2 aliphatic rings. The summed E-state index contributed by atoms with van der Waals surface area (Å²) in [6, 6.07) is 5.39. The molecule has 142 valence electrons. The Kier molecular flexibility index (Phi) is 4.42. The second-order valence-corrected chi connectivity index (χ2v) is 8.89. The van der Waals surface area contributed by atoms with E-state index in [4.69, 9.17) is 4.74 Å². The molecule has 1 aliphatic heterocycles. The fraction of sp³-hybridized carbons (Fsp3) is 0.588. The topological polar surface area (TPSA) is 85.6 Å². The molecule has 1 aliphatic carbocycles. The van der Waals surface area contributed by atoms with Gasteiger partial charge in [-0.3, -0.25) is 14.0 Å². The number of ether oxygens (including phenoxy) is 1. The van der Waals surface area contributed by atoms with Crippen LogP contribution in [0.4, 0.5) is 0 Å². The zero-order valence-electron chi connectivity index (χ0n) is 15.0. The van der Waals surface area contributed by atoms with Gasteiger partial charge in [0.25, 0.3) is 0 Å². The van der Waals surface area contributed by atoms with Crippen LogP contribution < -0.4 is 10.4 Å². The molecule has 2 aromatic rings. The lowest BCUT2D eigenvalue weighted by atomic mass is 10.2. The van der Waals surface area contributed by atoms with Crippen LogP contribution >= 0.6 is 0 Å². The highest BCUT2D eigenvalue weighted by Crippen LogP contribution is 2.28. The number of nitrogens with one attached hydrogen (secondary N) is 1. The molecule has 1 aromatic heterocycles. The van der Waals surface area contributed by atoms with E-state index >= 15 is 0 Å². The number of aryl methyl sites for hydroxylation is 2. The Morgan fingerprint density at radius 1 is 1.19 bits per heavy atom. The Labute approximate surface area is 152 Å². The SMILES string of the molecule is Cn1c(=O)n(C)c2cc(S(=O)(=O)NC[C@H]3CN(C4CC4)CCO3)ccc21. The van der Waals surface area contributed by atoms with Gasteiger partial charge in [-0.1, -0.05) is 0 Å². The number of aromatic nitrogens is 2. The highest BCUT2D eigenvalue weighted by atomic mass is 32.2. The van der Waals surface area contributed by atoms with Crippen LogP contribution in [-0.2, 0) is 28.9 Å². The lowest BCUT2D eigenvalue weighted by Gasteiger charge is -2.33. The normalized spacial score (nSPS) is 22.2. The maximum absolute atomic E-state index is 12.7. The van der Waals surface area contributed by atoms with Gasteiger partial charge >= 0.3 is 5.69 Å². The van der Waals surface area contributed by atoms with E-state index in [9.17, 15) is 13.2 Å². The maximum atomic E-state index is 12.7. The summed E-state index contributed by atoms with van der Waals surface area (Å²) >= 11 is 0. The number of benzene rings is 1. The number of rotatable bonds is 5. The third-order valence-corrected chi connectivity index (χ3v) is 6.71. The number of hydrogen-bond donors (Lipinski definition) is 1. The summed E-state index contributed by atoms with van der Waals surface area (Å²) in [6.07, 6.45) is 2.33. The van der Waals surface area contributed by atoms with Gasteiger partial charge in [0.2, 0.25) is 10.0 Å². The van der Waals surface area contributed by atoms with Crippen LogP contribution in [0.15, 0.2) is 27.9 Å². The summed E-state index contributed by atoms with van der Waals surface area (Å²) in [4.78, 5) is 14.5. The van der Waals surface area contributed by atoms with Gasteiger partial charge < -0.3 is 4.74 Å². The molecule has 0 radical (unpaired) electrons. The number of hydrogen-bond acceptors (Lipinski definition) is 5. The lowest BCUT2D eigenvalue weighted by Crippen LogP contribution is -2.48. The monoisotopic (exact) mass is 380 g/mol. The van der Waals surface area contributed by atoms with E-state index in [1.807, 2.05) is 0 Å². The average Bonchev–Trinajstić information content (AvgIpc) is 3.47. The lowest BCUT2D eigenvalue weighted by molar-refractivity contribution is -0.0277. The Morgan fingerprint density at radius 3 is 2.65 bits per heavy atom. The number of morpholine rings is 1. The summed E-state index contributed by atoms with van der Waals surface area (Å²) in [6.45, 7) is 2.57. The molecule has 1 saturated heterocycles. The summed E-state index contributed by atoms with van der Waals surface area (Å²) < 4.78 is 36.7. The predicted molar refractivity (Wildman–Crippen MR) is 97.7 cm³/mol. The summed E-state index contributed by atoms with van der Waals surface area (Å²) in [5.41, 5.74) is 1.11. The molecule has 8 nitrogen and oxygen atoms in total. The van der Waals surface area contributed by atoms with Crippen molar-refractivity contribution < 1.29 is 13.2 Å². The van der Waals surface area contributed by atoms with Gasteiger partial charge in [-0.2, -0.15) is 0 Å². The highest BCUT2D eigenvalue weighted by Gasteiger charge is 2.33. The van der Waals surface area contributed by atoms with E-state index in [0.29, 0.717) is 23.7 Å². The first-order valence-electron chi connectivity index (χ1n) is 8.87. The van der Waals surface area contributed by atoms with Crippen LogP contribution in [-0.4, -0.2) is 60.8 Å². The van der Waals surface area contributed by atoms with Gasteiger partial charge in [-0.25, -0.2) is 17.9 Å². The second-order valence-electron chi connectivity index (χ2n) is 7.12. The first kappa shape index (κ1) is 17.7. The largest absolute Gasteiger partial charge is 0.374 e. The molecule has 1 atom stereocenters. The van der Waals surface area contributed by atoms with Gasteiger partial charge in [0, 0.05) is 39.8 Å². The number of imidazole rings is 1. The number of sulfonamides is 1. The molecule has 0 unspecified atom stereocenters. The third-order valence-electron chi connectivity index (χ3n) is 5.29. The van der Waals surface area contributed by atoms with Crippen molar-refractivity contribution in [3.63, 3.8) is 0 Å². The molecule has 2 fully saturated rings. The van der Waals surface area contributed by atoms with Crippen LogP contribution in [0.3, 0.4) is 0 Å². The van der Waals surface area contributed by atoms with Crippen molar-refractivity contribution in [3.8, 4) is 0 Å². The molecule has 1 aromatic carbocycles. The minimum absolute atomic E-state index is 0.135. The van der Waals surface area contributed by atoms with Crippen molar-refractivity contribution in [2.45, 2.75) is 29.9 Å². The number of nitrogens with zero attached hydrogens (tertiary/aromatic N) is 3. The Balaban J connectivity index is 1.50. The summed E-state index contributed by atoms with van der Waals surface area (Å²) in [5, 5.41) is 0. The van der Waals surface area contributed by atoms with E-state index in [1.54, 1.807) is 20.2 Å². The van der Waals surface area contributed by atoms with Gasteiger partial charge in [-0.05, 0) is 31.0 Å². The Morgan fingerprint density at radius 2 is 1.92 bits per heavy atom.